The molecule has 1 heterocycles. The summed E-state index contributed by atoms with van der Waals surface area (Å²) in [6.07, 6.45) is 2.75. The SMILES string of the molecule is CCCC(CC)NC(=O)N1CCOCC1C(=O)O. The molecule has 0 aromatic heterocycles. The Morgan fingerprint density at radius 1 is 1.50 bits per heavy atom. The molecular formula is C12H22N2O4. The van der Waals surface area contributed by atoms with Crippen LogP contribution in [0.25, 0.3) is 0 Å². The van der Waals surface area contributed by atoms with Crippen LogP contribution in [0, 0.1) is 0 Å². The molecule has 0 bridgehead atoms. The molecule has 1 aliphatic heterocycles. The van der Waals surface area contributed by atoms with E-state index in [1.807, 2.05) is 6.92 Å². The highest BCUT2D eigenvalue weighted by Gasteiger charge is 2.33. The van der Waals surface area contributed by atoms with Gasteiger partial charge in [0.05, 0.1) is 13.2 Å². The van der Waals surface area contributed by atoms with Crippen molar-refractivity contribution in [3.63, 3.8) is 0 Å². The van der Waals surface area contributed by atoms with Crippen molar-refractivity contribution in [1.82, 2.24) is 10.2 Å². The van der Waals surface area contributed by atoms with E-state index in [9.17, 15) is 9.59 Å². The van der Waals surface area contributed by atoms with Crippen LogP contribution < -0.4 is 5.32 Å². The Morgan fingerprint density at radius 3 is 2.78 bits per heavy atom. The lowest BCUT2D eigenvalue weighted by molar-refractivity contribution is -0.147. The Hall–Kier alpha value is -1.30. The number of nitrogens with zero attached hydrogens (tertiary/aromatic N) is 1. The van der Waals surface area contributed by atoms with Gasteiger partial charge < -0.3 is 20.1 Å². The van der Waals surface area contributed by atoms with E-state index in [1.54, 1.807) is 0 Å². The van der Waals surface area contributed by atoms with Crippen molar-refractivity contribution in [2.24, 2.45) is 0 Å². The van der Waals surface area contributed by atoms with Gasteiger partial charge in [0, 0.05) is 12.6 Å². The van der Waals surface area contributed by atoms with Gasteiger partial charge in [0.25, 0.3) is 0 Å². The van der Waals surface area contributed by atoms with E-state index < -0.39 is 12.0 Å². The summed E-state index contributed by atoms with van der Waals surface area (Å²) in [7, 11) is 0. The molecule has 6 nitrogen and oxygen atoms in total. The molecule has 0 aromatic rings. The van der Waals surface area contributed by atoms with E-state index in [4.69, 9.17) is 9.84 Å². The standard InChI is InChI=1S/C12H22N2O4/c1-3-5-9(4-2)13-12(17)14-6-7-18-8-10(14)11(15)16/h9-10H,3-8H2,1-2H3,(H,13,17)(H,15,16). The van der Waals surface area contributed by atoms with Gasteiger partial charge >= 0.3 is 12.0 Å². The van der Waals surface area contributed by atoms with Crippen LogP contribution in [0.4, 0.5) is 4.79 Å². The lowest BCUT2D eigenvalue weighted by atomic mass is 10.1. The maximum Gasteiger partial charge on any atom is 0.328 e. The summed E-state index contributed by atoms with van der Waals surface area (Å²) >= 11 is 0. The van der Waals surface area contributed by atoms with E-state index >= 15 is 0 Å². The number of urea groups is 1. The molecule has 1 rings (SSSR count). The first-order valence-electron chi connectivity index (χ1n) is 6.47. The first kappa shape index (κ1) is 14.8. The average Bonchev–Trinajstić information content (AvgIpc) is 2.38. The molecule has 1 saturated heterocycles. The van der Waals surface area contributed by atoms with Gasteiger partial charge in [-0.1, -0.05) is 20.3 Å². The van der Waals surface area contributed by atoms with Gasteiger partial charge in [0.15, 0.2) is 6.04 Å². The first-order valence-corrected chi connectivity index (χ1v) is 6.47. The average molecular weight is 258 g/mol. The molecular weight excluding hydrogens is 236 g/mol. The number of carbonyl (C=O) groups excluding carboxylic acids is 1. The van der Waals surface area contributed by atoms with Crippen molar-refractivity contribution in [3.05, 3.63) is 0 Å². The van der Waals surface area contributed by atoms with Crippen molar-refractivity contribution in [1.29, 1.82) is 0 Å². The minimum Gasteiger partial charge on any atom is -0.480 e. The van der Waals surface area contributed by atoms with Crippen LogP contribution in [0.1, 0.15) is 33.1 Å². The van der Waals surface area contributed by atoms with Crippen LogP contribution in [-0.4, -0.2) is 53.8 Å². The number of carbonyl (C=O) groups is 2. The van der Waals surface area contributed by atoms with E-state index in [2.05, 4.69) is 12.2 Å². The predicted octanol–water partition coefficient (Wildman–Crippen LogP) is 1.06. The number of amides is 2. The summed E-state index contributed by atoms with van der Waals surface area (Å²) in [6.45, 7) is 4.85. The maximum absolute atomic E-state index is 12.1. The lowest BCUT2D eigenvalue weighted by Gasteiger charge is -2.34. The largest absolute Gasteiger partial charge is 0.480 e. The smallest absolute Gasteiger partial charge is 0.328 e. The minimum atomic E-state index is -1.02. The van der Waals surface area contributed by atoms with Crippen LogP contribution in [0.2, 0.25) is 0 Å². The normalized spacial score (nSPS) is 21.4. The number of hydrogen-bond acceptors (Lipinski definition) is 3. The molecule has 0 saturated carbocycles. The molecule has 2 atom stereocenters. The number of rotatable bonds is 5. The van der Waals surface area contributed by atoms with Gasteiger partial charge in [0.2, 0.25) is 0 Å². The molecule has 2 amide bonds. The van der Waals surface area contributed by atoms with Crippen molar-refractivity contribution in [2.45, 2.75) is 45.2 Å². The number of aliphatic carboxylic acids is 1. The van der Waals surface area contributed by atoms with Crippen molar-refractivity contribution in [3.8, 4) is 0 Å². The fraction of sp³-hybridized carbons (Fsp3) is 0.833. The predicted molar refractivity (Wildman–Crippen MR) is 66.5 cm³/mol. The second-order valence-electron chi connectivity index (χ2n) is 4.47. The topological polar surface area (TPSA) is 78.9 Å². The number of nitrogens with one attached hydrogen (secondary N) is 1. The number of carboxylic acids is 1. The van der Waals surface area contributed by atoms with Crippen LogP contribution >= 0.6 is 0 Å². The molecule has 0 aliphatic carbocycles. The number of morpholine rings is 1. The van der Waals surface area contributed by atoms with Crippen LogP contribution in [-0.2, 0) is 9.53 Å². The molecule has 1 fully saturated rings. The van der Waals surface area contributed by atoms with Gasteiger partial charge in [-0.2, -0.15) is 0 Å². The highest BCUT2D eigenvalue weighted by Crippen LogP contribution is 2.09. The van der Waals surface area contributed by atoms with Gasteiger partial charge in [-0.25, -0.2) is 9.59 Å². The molecule has 0 spiro atoms. The number of hydrogen-bond donors (Lipinski definition) is 2. The Labute approximate surface area is 107 Å². The van der Waals surface area contributed by atoms with Crippen molar-refractivity contribution in [2.75, 3.05) is 19.8 Å². The monoisotopic (exact) mass is 258 g/mol. The van der Waals surface area contributed by atoms with Gasteiger partial charge in [-0.15, -0.1) is 0 Å². The summed E-state index contributed by atoms with van der Waals surface area (Å²) in [5.74, 6) is -1.02. The minimum absolute atomic E-state index is 0.0628. The molecule has 18 heavy (non-hydrogen) atoms. The Balaban J connectivity index is 2.59. The fourth-order valence-electron chi connectivity index (χ4n) is 2.04. The summed E-state index contributed by atoms with van der Waals surface area (Å²) in [4.78, 5) is 24.5. The molecule has 1 aliphatic rings. The molecule has 0 radical (unpaired) electrons. The highest BCUT2D eigenvalue weighted by atomic mass is 16.5. The molecule has 2 unspecified atom stereocenters. The third-order valence-corrected chi connectivity index (χ3v) is 3.13. The summed E-state index contributed by atoms with van der Waals surface area (Å²) in [5.41, 5.74) is 0. The summed E-state index contributed by atoms with van der Waals surface area (Å²) < 4.78 is 5.10. The van der Waals surface area contributed by atoms with Gasteiger partial charge in [-0.3, -0.25) is 0 Å². The van der Waals surface area contributed by atoms with E-state index in [0.29, 0.717) is 13.2 Å². The van der Waals surface area contributed by atoms with E-state index in [1.165, 1.54) is 4.90 Å². The Bertz CT molecular complexity index is 296. The zero-order valence-corrected chi connectivity index (χ0v) is 11.0. The second kappa shape index (κ2) is 7.20. The summed E-state index contributed by atoms with van der Waals surface area (Å²) in [5, 5.41) is 11.9. The van der Waals surface area contributed by atoms with Crippen LogP contribution in [0.5, 0.6) is 0 Å². The second-order valence-corrected chi connectivity index (χ2v) is 4.47. The highest BCUT2D eigenvalue weighted by molar-refractivity contribution is 5.83. The molecule has 104 valence electrons. The van der Waals surface area contributed by atoms with Crippen molar-refractivity contribution >= 4 is 12.0 Å². The van der Waals surface area contributed by atoms with Gasteiger partial charge in [-0.05, 0) is 12.8 Å². The third kappa shape index (κ3) is 3.87. The lowest BCUT2D eigenvalue weighted by Crippen LogP contribution is -2.57. The zero-order chi connectivity index (χ0) is 13.5. The zero-order valence-electron chi connectivity index (χ0n) is 11.0. The molecule has 0 aromatic carbocycles. The Kier molecular flexibility index (Phi) is 5.91. The quantitative estimate of drug-likeness (QED) is 0.773. The summed E-state index contributed by atoms with van der Waals surface area (Å²) in [6, 6.07) is -1.07. The third-order valence-electron chi connectivity index (χ3n) is 3.13. The van der Waals surface area contributed by atoms with Crippen LogP contribution in [0.15, 0.2) is 0 Å². The van der Waals surface area contributed by atoms with Gasteiger partial charge in [0.1, 0.15) is 0 Å². The fourth-order valence-corrected chi connectivity index (χ4v) is 2.04. The van der Waals surface area contributed by atoms with Crippen LogP contribution in [0.3, 0.4) is 0 Å². The first-order chi connectivity index (χ1) is 8.60. The molecule has 2 N–H and O–H groups in total. The van der Waals surface area contributed by atoms with Crippen molar-refractivity contribution < 1.29 is 19.4 Å². The van der Waals surface area contributed by atoms with E-state index in [0.717, 1.165) is 19.3 Å². The number of ether oxygens (including phenoxy) is 1. The maximum atomic E-state index is 12.1. The number of carboxylic acid groups (broad SMARTS) is 1. The molecule has 6 heteroatoms. The Morgan fingerprint density at radius 2 is 2.22 bits per heavy atom. The van der Waals surface area contributed by atoms with E-state index in [-0.39, 0.29) is 18.7 Å².